The Labute approximate surface area is 138 Å². The van der Waals surface area contributed by atoms with E-state index in [4.69, 9.17) is 0 Å². The van der Waals surface area contributed by atoms with Crippen molar-refractivity contribution in [3.63, 3.8) is 0 Å². The first-order valence-electron chi connectivity index (χ1n) is 8.79. The molecule has 116 valence electrons. The predicted octanol–water partition coefficient (Wildman–Crippen LogP) is 6.85. The maximum absolute atomic E-state index is 2.36. The molecule has 4 rings (SSSR count). The Balaban J connectivity index is 2.27. The van der Waals surface area contributed by atoms with Gasteiger partial charge in [0, 0.05) is 0 Å². The second-order valence-electron chi connectivity index (χ2n) is 6.97. The molecule has 0 N–H and O–H groups in total. The molecule has 0 spiro atoms. The molecule has 23 heavy (non-hydrogen) atoms. The van der Waals surface area contributed by atoms with Crippen molar-refractivity contribution in [3.8, 4) is 0 Å². The van der Waals surface area contributed by atoms with Gasteiger partial charge in [0.1, 0.15) is 0 Å². The van der Waals surface area contributed by atoms with Crippen LogP contribution < -0.4 is 0 Å². The van der Waals surface area contributed by atoms with Gasteiger partial charge in [-0.2, -0.15) is 0 Å². The molecule has 0 unspecified atom stereocenters. The van der Waals surface area contributed by atoms with Crippen LogP contribution in [0, 0.1) is 20.8 Å². The van der Waals surface area contributed by atoms with Crippen molar-refractivity contribution in [1.82, 2.24) is 0 Å². The molecule has 0 saturated carbocycles. The summed E-state index contributed by atoms with van der Waals surface area (Å²) in [6, 6.07) is 13.7. The third-order valence-electron chi connectivity index (χ3n) is 5.59. The Hall–Kier alpha value is -2.08. The number of rotatable bonds is 3. The maximum Gasteiger partial charge on any atom is -0.00185 e. The number of hydrogen-bond donors (Lipinski definition) is 0. The van der Waals surface area contributed by atoms with Crippen molar-refractivity contribution in [2.45, 2.75) is 47.0 Å². The Morgan fingerprint density at radius 2 is 1.57 bits per heavy atom. The van der Waals surface area contributed by atoms with Gasteiger partial charge in [0.2, 0.25) is 0 Å². The summed E-state index contributed by atoms with van der Waals surface area (Å²) in [6.45, 7) is 9.17. The summed E-state index contributed by atoms with van der Waals surface area (Å²) in [7, 11) is 0. The van der Waals surface area contributed by atoms with Crippen molar-refractivity contribution in [3.05, 3.63) is 58.7 Å². The monoisotopic (exact) mass is 300 g/mol. The fraction of sp³-hybridized carbons (Fsp3) is 0.304. The minimum absolute atomic E-state index is 1.19. The van der Waals surface area contributed by atoms with Crippen LogP contribution in [0.1, 0.15) is 42.0 Å². The van der Waals surface area contributed by atoms with Gasteiger partial charge in [-0.25, -0.2) is 0 Å². The summed E-state index contributed by atoms with van der Waals surface area (Å²) < 4.78 is 0. The number of benzene rings is 4. The maximum atomic E-state index is 2.36. The molecule has 0 heteroatoms. The second kappa shape index (κ2) is 5.23. The van der Waals surface area contributed by atoms with Crippen LogP contribution in [-0.2, 0) is 6.42 Å². The smallest absolute Gasteiger partial charge is 0.00185 e. The number of hydrogen-bond acceptors (Lipinski definition) is 0. The normalized spacial score (nSPS) is 12.0. The van der Waals surface area contributed by atoms with Gasteiger partial charge in [-0.1, -0.05) is 49.7 Å². The fourth-order valence-corrected chi connectivity index (χ4v) is 4.32. The fourth-order valence-electron chi connectivity index (χ4n) is 4.32. The zero-order valence-electron chi connectivity index (χ0n) is 14.6. The highest BCUT2D eigenvalue weighted by Crippen LogP contribution is 2.41. The van der Waals surface area contributed by atoms with E-state index in [9.17, 15) is 0 Å². The van der Waals surface area contributed by atoms with Gasteiger partial charge in [0.15, 0.2) is 0 Å². The zero-order valence-corrected chi connectivity index (χ0v) is 14.6. The standard InChI is InChI=1S/C23H24/c1-5-6-10-19-15(3)16(4)21-14(2)13-18-9-7-8-17-11-12-20(19)23(21)22(17)18/h7-9,11-13H,5-6,10H2,1-4H3. The van der Waals surface area contributed by atoms with E-state index in [2.05, 4.69) is 64.1 Å². The molecule has 0 saturated heterocycles. The van der Waals surface area contributed by atoms with Crippen LogP contribution in [0.15, 0.2) is 36.4 Å². The van der Waals surface area contributed by atoms with Crippen molar-refractivity contribution < 1.29 is 0 Å². The largest absolute Gasteiger partial charge is 0.0654 e. The lowest BCUT2D eigenvalue weighted by molar-refractivity contribution is 0.795. The first-order valence-corrected chi connectivity index (χ1v) is 8.79. The van der Waals surface area contributed by atoms with Crippen LogP contribution in [-0.4, -0.2) is 0 Å². The van der Waals surface area contributed by atoms with Crippen LogP contribution in [0.2, 0.25) is 0 Å². The van der Waals surface area contributed by atoms with E-state index >= 15 is 0 Å². The van der Waals surface area contributed by atoms with Gasteiger partial charge >= 0.3 is 0 Å². The molecule has 0 aliphatic carbocycles. The van der Waals surface area contributed by atoms with Crippen LogP contribution >= 0.6 is 0 Å². The Morgan fingerprint density at radius 3 is 2.35 bits per heavy atom. The molecule has 0 aliphatic rings. The highest BCUT2D eigenvalue weighted by Gasteiger charge is 2.17. The average molecular weight is 300 g/mol. The minimum Gasteiger partial charge on any atom is -0.0654 e. The third-order valence-corrected chi connectivity index (χ3v) is 5.59. The number of unbranched alkanes of at least 4 members (excludes halogenated alkanes) is 1. The third kappa shape index (κ3) is 1.97. The van der Waals surface area contributed by atoms with E-state index in [0.29, 0.717) is 0 Å². The minimum atomic E-state index is 1.19. The zero-order chi connectivity index (χ0) is 16.1. The lowest BCUT2D eigenvalue weighted by Crippen LogP contribution is -1.99. The topological polar surface area (TPSA) is 0 Å². The first kappa shape index (κ1) is 14.5. The molecule has 0 aromatic heterocycles. The molecule has 0 amide bonds. The molecule has 0 nitrogen and oxygen atoms in total. The van der Waals surface area contributed by atoms with Gasteiger partial charge in [-0.05, 0) is 88.2 Å². The van der Waals surface area contributed by atoms with Crippen LogP contribution in [0.3, 0.4) is 0 Å². The molecule has 4 aromatic carbocycles. The molecule has 0 radical (unpaired) electrons. The second-order valence-corrected chi connectivity index (χ2v) is 6.97. The molecular formula is C23H24. The molecule has 4 aromatic rings. The first-order chi connectivity index (χ1) is 11.1. The lowest BCUT2D eigenvalue weighted by atomic mass is 9.83. The summed E-state index contributed by atoms with van der Waals surface area (Å²) in [4.78, 5) is 0. The van der Waals surface area contributed by atoms with Crippen LogP contribution in [0.25, 0.3) is 32.3 Å². The van der Waals surface area contributed by atoms with Gasteiger partial charge in [0.25, 0.3) is 0 Å². The summed E-state index contributed by atoms with van der Waals surface area (Å²) in [5.74, 6) is 0. The van der Waals surface area contributed by atoms with E-state index in [1.807, 2.05) is 0 Å². The predicted molar refractivity (Wildman–Crippen MR) is 103 cm³/mol. The van der Waals surface area contributed by atoms with Crippen molar-refractivity contribution in [2.75, 3.05) is 0 Å². The summed E-state index contributed by atoms with van der Waals surface area (Å²) in [6.07, 6.45) is 3.71. The molecule has 0 aliphatic heterocycles. The average Bonchev–Trinajstić information content (AvgIpc) is 2.55. The molecule has 0 fully saturated rings. The van der Waals surface area contributed by atoms with E-state index in [1.54, 1.807) is 5.56 Å². The van der Waals surface area contributed by atoms with Crippen molar-refractivity contribution >= 4 is 32.3 Å². The highest BCUT2D eigenvalue weighted by atomic mass is 14.2. The molecule has 0 bridgehead atoms. The molecular weight excluding hydrogens is 276 g/mol. The van der Waals surface area contributed by atoms with Crippen LogP contribution in [0.4, 0.5) is 0 Å². The van der Waals surface area contributed by atoms with E-state index in [-0.39, 0.29) is 0 Å². The summed E-state index contributed by atoms with van der Waals surface area (Å²) in [5, 5.41) is 8.64. The van der Waals surface area contributed by atoms with E-state index in [0.717, 1.165) is 0 Å². The molecule has 0 atom stereocenters. The van der Waals surface area contributed by atoms with Crippen molar-refractivity contribution in [1.29, 1.82) is 0 Å². The Morgan fingerprint density at radius 1 is 0.783 bits per heavy atom. The summed E-state index contributed by atoms with van der Waals surface area (Å²) in [5.41, 5.74) is 5.94. The van der Waals surface area contributed by atoms with Crippen molar-refractivity contribution in [2.24, 2.45) is 0 Å². The Bertz CT molecular complexity index is 1020. The van der Waals surface area contributed by atoms with Gasteiger partial charge in [-0.15, -0.1) is 0 Å². The van der Waals surface area contributed by atoms with Gasteiger partial charge < -0.3 is 0 Å². The summed E-state index contributed by atoms with van der Waals surface area (Å²) >= 11 is 0. The highest BCUT2D eigenvalue weighted by molar-refractivity contribution is 6.25. The Kier molecular flexibility index (Phi) is 3.30. The number of aryl methyl sites for hydroxylation is 3. The molecule has 0 heterocycles. The lowest BCUT2D eigenvalue weighted by Gasteiger charge is -2.20. The SMILES string of the molecule is CCCCc1c(C)c(C)c2c(C)cc3cccc4ccc1c2c43. The van der Waals surface area contributed by atoms with Gasteiger partial charge in [-0.3, -0.25) is 0 Å². The van der Waals surface area contributed by atoms with E-state index in [1.165, 1.54) is 68.3 Å². The van der Waals surface area contributed by atoms with Gasteiger partial charge in [0.05, 0.1) is 0 Å². The van der Waals surface area contributed by atoms with E-state index < -0.39 is 0 Å². The van der Waals surface area contributed by atoms with Crippen LogP contribution in [0.5, 0.6) is 0 Å². The quantitative estimate of drug-likeness (QED) is 0.363.